The van der Waals surface area contributed by atoms with Crippen LogP contribution in [0.25, 0.3) is 145 Å². The molecule has 0 unspecified atom stereocenters. The van der Waals surface area contributed by atoms with Crippen LogP contribution < -0.4 is 0 Å². The van der Waals surface area contributed by atoms with Crippen LogP contribution in [0.5, 0.6) is 0 Å². The van der Waals surface area contributed by atoms with Crippen molar-refractivity contribution in [2.45, 2.75) is 77.0 Å². The van der Waals surface area contributed by atoms with Gasteiger partial charge in [0.05, 0.1) is 22.4 Å². The van der Waals surface area contributed by atoms with Crippen LogP contribution in [0.1, 0.15) is 77.6 Å². The molecule has 0 spiro atoms. The molecule has 472 valence electrons. The van der Waals surface area contributed by atoms with Gasteiger partial charge in [-0.25, -0.2) is 24.9 Å². The Morgan fingerprint density at radius 2 is 0.571 bits per heavy atom. The summed E-state index contributed by atoms with van der Waals surface area (Å²) < 4.78 is 0. The SMILES string of the molecule is CC1(C)c2cc(-c3cc(-c4nc(-c5ccccc5)nc(-c5ccccc5)n4)c4ccccc4c3)ccc2-c2c(-c3ccccc3)cccc2C1(C)C.CC1(C)c2cc(-c3nc4ccccc4nc3-c3ccc(-c4ccccc4)cc3)ccc2-c2c(-c3ccccc3)cccc2C1(C)C. The van der Waals surface area contributed by atoms with Crippen LogP contribution in [0.3, 0.4) is 0 Å². The molecule has 0 amide bonds. The second-order valence-corrected chi connectivity index (χ2v) is 28.3. The van der Waals surface area contributed by atoms with E-state index in [0.717, 1.165) is 66.6 Å². The lowest BCUT2D eigenvalue weighted by Gasteiger charge is -2.49. The minimum Gasteiger partial charge on any atom is -0.244 e. The van der Waals surface area contributed by atoms with Crippen molar-refractivity contribution in [1.82, 2.24) is 24.9 Å². The summed E-state index contributed by atoms with van der Waals surface area (Å²) in [4.78, 5) is 25.7. The zero-order chi connectivity index (χ0) is 66.9. The van der Waals surface area contributed by atoms with Gasteiger partial charge in [-0.1, -0.05) is 328 Å². The van der Waals surface area contributed by atoms with Crippen LogP contribution in [-0.4, -0.2) is 24.9 Å². The lowest BCUT2D eigenvalue weighted by molar-refractivity contribution is 0.299. The minimum absolute atomic E-state index is 0.107. The van der Waals surface area contributed by atoms with Crippen molar-refractivity contribution in [3.63, 3.8) is 0 Å². The highest BCUT2D eigenvalue weighted by atomic mass is 15.0. The largest absolute Gasteiger partial charge is 0.244 e. The Morgan fingerprint density at radius 1 is 0.204 bits per heavy atom. The van der Waals surface area contributed by atoms with Crippen molar-refractivity contribution in [1.29, 1.82) is 0 Å². The quantitative estimate of drug-likeness (QED) is 0.144. The monoisotopic (exact) mass is 1260 g/mol. The Hall–Kier alpha value is -11.5. The van der Waals surface area contributed by atoms with Crippen LogP contribution in [-0.2, 0) is 21.7 Å². The smallest absolute Gasteiger partial charge is 0.164 e. The van der Waals surface area contributed by atoms with E-state index < -0.39 is 0 Å². The van der Waals surface area contributed by atoms with Crippen LogP contribution in [0.15, 0.2) is 309 Å². The normalized spacial score (nSPS) is 14.2. The predicted octanol–water partition coefficient (Wildman–Crippen LogP) is 24.1. The summed E-state index contributed by atoms with van der Waals surface area (Å²) in [5.74, 6) is 1.97. The number of fused-ring (bicyclic) bond motifs is 8. The average molecular weight is 1260 g/mol. The topological polar surface area (TPSA) is 64.5 Å². The number of aromatic nitrogens is 5. The zero-order valence-corrected chi connectivity index (χ0v) is 56.7. The highest BCUT2D eigenvalue weighted by Crippen LogP contribution is 2.59. The van der Waals surface area contributed by atoms with Gasteiger partial charge >= 0.3 is 0 Å². The molecule has 2 aromatic heterocycles. The Labute approximate surface area is 575 Å². The number of rotatable bonds is 9. The fourth-order valence-electron chi connectivity index (χ4n) is 15.1. The lowest BCUT2D eigenvalue weighted by atomic mass is 9.54. The lowest BCUT2D eigenvalue weighted by Crippen LogP contribution is -2.43. The summed E-state index contributed by atoms with van der Waals surface area (Å²) in [6.45, 7) is 19.2. The highest BCUT2D eigenvalue weighted by Gasteiger charge is 2.48. The van der Waals surface area contributed by atoms with Crippen LogP contribution >= 0.6 is 0 Å². The van der Waals surface area contributed by atoms with Crippen molar-refractivity contribution >= 4 is 21.8 Å². The Kier molecular flexibility index (Phi) is 15.2. The molecular weight excluding hydrogens is 1190 g/mol. The first-order chi connectivity index (χ1) is 47.6. The number of para-hydroxylation sites is 2. The van der Waals surface area contributed by atoms with E-state index in [1.807, 2.05) is 48.5 Å². The van der Waals surface area contributed by atoms with Crippen LogP contribution in [0, 0.1) is 0 Å². The maximum atomic E-state index is 5.28. The summed E-state index contributed by atoms with van der Waals surface area (Å²) in [5, 5.41) is 2.25. The third kappa shape index (κ3) is 10.5. The molecule has 5 heteroatoms. The van der Waals surface area contributed by atoms with Crippen molar-refractivity contribution in [3.05, 3.63) is 332 Å². The van der Waals surface area contributed by atoms with E-state index in [4.69, 9.17) is 24.9 Å². The Balaban J connectivity index is 0.000000154. The molecule has 0 radical (unpaired) electrons. The number of nitrogens with zero attached hydrogens (tertiary/aromatic N) is 5. The molecule has 0 N–H and O–H groups in total. The van der Waals surface area contributed by atoms with Crippen molar-refractivity contribution in [3.8, 4) is 123 Å². The number of benzene rings is 13. The fraction of sp³-hybridized carbons (Fsp3) is 0.129. The van der Waals surface area contributed by atoms with Gasteiger partial charge in [-0.3, -0.25) is 0 Å². The first kappa shape index (κ1) is 61.4. The van der Waals surface area contributed by atoms with Crippen molar-refractivity contribution in [2.75, 3.05) is 0 Å². The molecule has 0 atom stereocenters. The van der Waals surface area contributed by atoms with E-state index in [2.05, 4.69) is 316 Å². The van der Waals surface area contributed by atoms with Gasteiger partial charge in [-0.05, 0) is 158 Å². The van der Waals surface area contributed by atoms with E-state index in [1.165, 1.54) is 83.5 Å². The molecule has 2 aliphatic rings. The molecule has 5 nitrogen and oxygen atoms in total. The Morgan fingerprint density at radius 3 is 1.07 bits per heavy atom. The van der Waals surface area contributed by atoms with Crippen LogP contribution in [0.4, 0.5) is 0 Å². The second kappa shape index (κ2) is 24.3. The van der Waals surface area contributed by atoms with Gasteiger partial charge in [0.2, 0.25) is 0 Å². The minimum atomic E-state index is -0.136. The molecule has 0 fully saturated rings. The summed E-state index contributed by atoms with van der Waals surface area (Å²) in [6.07, 6.45) is 0. The maximum absolute atomic E-state index is 5.28. The summed E-state index contributed by atoms with van der Waals surface area (Å²) in [6, 6.07) is 110. The maximum Gasteiger partial charge on any atom is 0.164 e. The van der Waals surface area contributed by atoms with E-state index in [9.17, 15) is 0 Å². The van der Waals surface area contributed by atoms with Gasteiger partial charge in [0.25, 0.3) is 0 Å². The number of hydrogen-bond acceptors (Lipinski definition) is 5. The molecule has 2 heterocycles. The first-order valence-corrected chi connectivity index (χ1v) is 34.1. The van der Waals surface area contributed by atoms with E-state index in [-0.39, 0.29) is 21.7 Å². The predicted molar refractivity (Wildman–Crippen MR) is 409 cm³/mol. The molecule has 0 bridgehead atoms. The third-order valence-electron chi connectivity index (χ3n) is 21.9. The van der Waals surface area contributed by atoms with Gasteiger partial charge in [0.15, 0.2) is 17.5 Å². The van der Waals surface area contributed by atoms with Gasteiger partial charge in [-0.15, -0.1) is 0 Å². The summed E-state index contributed by atoms with van der Waals surface area (Å²) >= 11 is 0. The number of hydrogen-bond donors (Lipinski definition) is 0. The zero-order valence-electron chi connectivity index (χ0n) is 56.7. The van der Waals surface area contributed by atoms with Crippen LogP contribution in [0.2, 0.25) is 0 Å². The second-order valence-electron chi connectivity index (χ2n) is 28.3. The Bertz CT molecular complexity index is 5470. The summed E-state index contributed by atoms with van der Waals surface area (Å²) in [7, 11) is 0. The van der Waals surface area contributed by atoms with E-state index >= 15 is 0 Å². The standard InChI is InChI=1S/C49H39N3.C44H36N2/c1-48(2)42-26-16-25-39(32-17-8-5-9-18-32)44(42)40-28-27-35(31-43(40)49(48,3)4)37-29-36-23-14-15-24-38(36)41(30-37)47-51-45(33-19-10-6-11-20-33)50-46(52-47)34-21-12-7-13-22-34;1-43(2)36-19-13-18-34(31-16-9-6-10-17-31)40(36)35-27-26-33(28-37(35)44(43,3)4)42-41(45-38-20-11-12-21-39(38)46-42)32-24-22-30(23-25-32)29-14-7-5-8-15-29/h5-31H,1-4H3;5-28H,1-4H3. The van der Waals surface area contributed by atoms with Crippen molar-refractivity contribution in [2.24, 2.45) is 0 Å². The molecule has 0 saturated carbocycles. The molecule has 17 rings (SSSR count). The average Bonchev–Trinajstić information content (AvgIpc) is 0.711. The third-order valence-corrected chi connectivity index (χ3v) is 21.9. The van der Waals surface area contributed by atoms with Gasteiger partial charge in [-0.2, -0.15) is 0 Å². The first-order valence-electron chi connectivity index (χ1n) is 34.1. The molecular formula is C93H75N5. The molecule has 2 aliphatic carbocycles. The highest BCUT2D eigenvalue weighted by molar-refractivity contribution is 6.00. The van der Waals surface area contributed by atoms with Gasteiger partial charge in [0, 0.05) is 27.8 Å². The summed E-state index contributed by atoms with van der Waals surface area (Å²) in [5.41, 5.74) is 28.7. The van der Waals surface area contributed by atoms with E-state index in [1.54, 1.807) is 0 Å². The van der Waals surface area contributed by atoms with E-state index in [0.29, 0.717) is 17.5 Å². The molecule has 0 aliphatic heterocycles. The molecule has 98 heavy (non-hydrogen) atoms. The molecule has 15 aromatic rings. The molecule has 0 saturated heterocycles. The fourth-order valence-corrected chi connectivity index (χ4v) is 15.1. The molecule has 13 aromatic carbocycles. The van der Waals surface area contributed by atoms with Gasteiger partial charge in [0.1, 0.15) is 0 Å². The van der Waals surface area contributed by atoms with Crippen molar-refractivity contribution < 1.29 is 0 Å². The van der Waals surface area contributed by atoms with Gasteiger partial charge < -0.3 is 0 Å².